The Morgan fingerprint density at radius 3 is 2.14 bits per heavy atom. The van der Waals surface area contributed by atoms with Gasteiger partial charge in [0.2, 0.25) is 0 Å². The Labute approximate surface area is 161 Å². The van der Waals surface area contributed by atoms with Gasteiger partial charge in [0.1, 0.15) is 10.6 Å². The van der Waals surface area contributed by atoms with Crippen LogP contribution in [0.2, 0.25) is 0 Å². The van der Waals surface area contributed by atoms with Crippen LogP contribution < -0.4 is 19.7 Å². The molecule has 0 unspecified atom stereocenters. The van der Waals surface area contributed by atoms with E-state index in [-0.39, 0.29) is 16.3 Å². The van der Waals surface area contributed by atoms with Gasteiger partial charge in [-0.05, 0) is 47.5 Å². The summed E-state index contributed by atoms with van der Waals surface area (Å²) in [5.74, 6) is -2.73. The largest absolute Gasteiger partial charge is 0.545 e. The van der Waals surface area contributed by atoms with Crippen molar-refractivity contribution in [1.82, 2.24) is 0 Å². The molecular weight excluding hydrogens is 386 g/mol. The summed E-state index contributed by atoms with van der Waals surface area (Å²) in [7, 11) is -2.79. The average molecular weight is 401 g/mol. The maximum absolute atomic E-state index is 12.8. The number of carbonyl (C=O) groups is 2. The summed E-state index contributed by atoms with van der Waals surface area (Å²) in [6.45, 7) is 0. The number of ether oxygens (including phenoxy) is 1. The van der Waals surface area contributed by atoms with Gasteiger partial charge in [-0.15, -0.1) is 0 Å². The molecule has 0 amide bonds. The number of carboxylic acid groups (broad SMARTS) is 2. The molecular formula is C19H15NO7S-2. The number of carboxylic acids is 2. The third-order valence-electron chi connectivity index (χ3n) is 3.44. The summed E-state index contributed by atoms with van der Waals surface area (Å²) >= 11 is 0. The summed E-state index contributed by atoms with van der Waals surface area (Å²) in [5, 5.41) is 21.0. The van der Waals surface area contributed by atoms with E-state index in [1.54, 1.807) is 12.1 Å². The van der Waals surface area contributed by atoms with Crippen LogP contribution in [0.3, 0.4) is 0 Å². The maximum atomic E-state index is 12.8. The van der Waals surface area contributed by atoms with E-state index in [0.29, 0.717) is 11.1 Å². The zero-order valence-electron chi connectivity index (χ0n) is 14.6. The zero-order valence-corrected chi connectivity index (χ0v) is 15.4. The Morgan fingerprint density at radius 2 is 1.57 bits per heavy atom. The fraction of sp³-hybridized carbons (Fsp3) is 0.0526. The van der Waals surface area contributed by atoms with Crippen LogP contribution in [0.5, 0.6) is 5.75 Å². The Bertz CT molecular complexity index is 1060. The molecule has 0 heterocycles. The van der Waals surface area contributed by atoms with Gasteiger partial charge in [0.15, 0.2) is 0 Å². The first-order chi connectivity index (χ1) is 13.2. The minimum Gasteiger partial charge on any atom is -0.545 e. The molecule has 28 heavy (non-hydrogen) atoms. The maximum Gasteiger partial charge on any atom is 0.265 e. The van der Waals surface area contributed by atoms with E-state index in [0.717, 1.165) is 12.2 Å². The Morgan fingerprint density at radius 1 is 0.964 bits per heavy atom. The van der Waals surface area contributed by atoms with E-state index in [4.69, 9.17) is 4.74 Å². The van der Waals surface area contributed by atoms with Gasteiger partial charge in [0, 0.05) is 5.69 Å². The Balaban J connectivity index is 2.39. The molecule has 0 saturated heterocycles. The summed E-state index contributed by atoms with van der Waals surface area (Å²) < 4.78 is 33.0. The predicted octanol–water partition coefficient (Wildman–Crippen LogP) is 0.0222. The lowest BCUT2D eigenvalue weighted by Crippen LogP contribution is -2.18. The Kier molecular flexibility index (Phi) is 6.56. The van der Waals surface area contributed by atoms with Gasteiger partial charge in [0.05, 0.1) is 19.0 Å². The number of hydrogen-bond acceptors (Lipinski definition) is 7. The third-order valence-corrected chi connectivity index (χ3v) is 4.84. The second-order valence-corrected chi connectivity index (χ2v) is 7.10. The van der Waals surface area contributed by atoms with Crippen molar-refractivity contribution in [3.63, 3.8) is 0 Å². The molecule has 0 aliphatic rings. The lowest BCUT2D eigenvalue weighted by atomic mass is 10.2. The number of sulfonamides is 1. The van der Waals surface area contributed by atoms with Crippen molar-refractivity contribution < 1.29 is 33.0 Å². The molecule has 0 aromatic heterocycles. The number of hydrogen-bond donors (Lipinski definition) is 1. The number of aliphatic carboxylic acids is 2. The highest BCUT2D eigenvalue weighted by Crippen LogP contribution is 2.27. The van der Waals surface area contributed by atoms with Crippen molar-refractivity contribution in [2.75, 3.05) is 11.8 Å². The molecule has 2 aromatic carbocycles. The standard InChI is InChI=1S/C19H17NO7S/c1-27-16-8-5-14(7-10-19(23)24)12-17(16)28(25,26)20-15-4-2-3-13(11-15)6-9-18(21)22/h2-12,20H,1H3,(H,21,22)(H,23,24)/p-2/b9-6+,10-7+. The summed E-state index contributed by atoms with van der Waals surface area (Å²) in [6.07, 6.45) is 4.06. The molecule has 0 saturated carbocycles. The molecule has 0 aliphatic heterocycles. The van der Waals surface area contributed by atoms with Gasteiger partial charge >= 0.3 is 0 Å². The van der Waals surface area contributed by atoms with Crippen molar-refractivity contribution in [3.8, 4) is 5.75 Å². The zero-order chi connectivity index (χ0) is 20.7. The Hall–Kier alpha value is -3.59. The normalized spacial score (nSPS) is 11.6. The molecule has 0 fully saturated rings. The number of carbonyl (C=O) groups excluding carboxylic acids is 2. The highest BCUT2D eigenvalue weighted by atomic mass is 32.2. The molecule has 0 bridgehead atoms. The first kappa shape index (κ1) is 20.7. The van der Waals surface area contributed by atoms with Crippen molar-refractivity contribution >= 4 is 39.8 Å². The molecule has 1 N–H and O–H groups in total. The minimum atomic E-state index is -4.09. The molecule has 0 aliphatic carbocycles. The molecule has 0 spiro atoms. The quantitative estimate of drug-likeness (QED) is 0.616. The highest BCUT2D eigenvalue weighted by molar-refractivity contribution is 7.92. The summed E-state index contributed by atoms with van der Waals surface area (Å²) in [5.41, 5.74) is 0.955. The number of rotatable bonds is 8. The van der Waals surface area contributed by atoms with E-state index in [9.17, 15) is 28.2 Å². The van der Waals surface area contributed by atoms with Gasteiger partial charge in [-0.1, -0.05) is 30.4 Å². The first-order valence-corrected chi connectivity index (χ1v) is 9.28. The average Bonchev–Trinajstić information content (AvgIpc) is 2.64. The fourth-order valence-electron chi connectivity index (χ4n) is 2.25. The van der Waals surface area contributed by atoms with Gasteiger partial charge in [-0.25, -0.2) is 8.42 Å². The van der Waals surface area contributed by atoms with Crippen LogP contribution in [0.4, 0.5) is 5.69 Å². The summed E-state index contributed by atoms with van der Waals surface area (Å²) in [6, 6.07) is 10.2. The van der Waals surface area contributed by atoms with Gasteiger partial charge in [0.25, 0.3) is 10.0 Å². The van der Waals surface area contributed by atoms with Crippen molar-refractivity contribution in [2.24, 2.45) is 0 Å². The molecule has 2 rings (SSSR count). The molecule has 0 atom stereocenters. The summed E-state index contributed by atoms with van der Waals surface area (Å²) in [4.78, 5) is 20.8. The second-order valence-electron chi connectivity index (χ2n) is 5.45. The highest BCUT2D eigenvalue weighted by Gasteiger charge is 2.20. The van der Waals surface area contributed by atoms with Crippen molar-refractivity contribution in [3.05, 3.63) is 65.7 Å². The van der Waals surface area contributed by atoms with Gasteiger partial charge in [-0.3, -0.25) is 4.72 Å². The second kappa shape index (κ2) is 8.87. The van der Waals surface area contributed by atoms with Crippen LogP contribution in [0, 0.1) is 0 Å². The van der Waals surface area contributed by atoms with Crippen LogP contribution in [0.15, 0.2) is 59.5 Å². The van der Waals surface area contributed by atoms with E-state index in [2.05, 4.69) is 4.72 Å². The van der Waals surface area contributed by atoms with Crippen LogP contribution >= 0.6 is 0 Å². The van der Waals surface area contributed by atoms with E-state index >= 15 is 0 Å². The molecule has 9 heteroatoms. The predicted molar refractivity (Wildman–Crippen MR) is 98.3 cm³/mol. The monoisotopic (exact) mass is 401 g/mol. The van der Waals surface area contributed by atoms with Crippen LogP contribution in [0.25, 0.3) is 12.2 Å². The van der Waals surface area contributed by atoms with E-state index < -0.39 is 22.0 Å². The number of anilines is 1. The SMILES string of the molecule is COc1ccc(/C=C/C(=O)[O-])cc1S(=O)(=O)Nc1cccc(/C=C/C(=O)[O-])c1. The fourth-order valence-corrected chi connectivity index (χ4v) is 3.51. The van der Waals surface area contributed by atoms with Crippen LogP contribution in [0.1, 0.15) is 11.1 Å². The van der Waals surface area contributed by atoms with Crippen LogP contribution in [-0.4, -0.2) is 27.5 Å². The molecule has 2 aromatic rings. The number of methoxy groups -OCH3 is 1. The minimum absolute atomic E-state index is 0.0612. The number of nitrogens with one attached hydrogen (secondary N) is 1. The molecule has 146 valence electrons. The van der Waals surface area contributed by atoms with Crippen molar-refractivity contribution in [2.45, 2.75) is 4.90 Å². The van der Waals surface area contributed by atoms with E-state index in [1.807, 2.05) is 0 Å². The topological polar surface area (TPSA) is 136 Å². The first-order valence-electron chi connectivity index (χ1n) is 7.80. The van der Waals surface area contributed by atoms with Crippen molar-refractivity contribution in [1.29, 1.82) is 0 Å². The third kappa shape index (κ3) is 5.71. The van der Waals surface area contributed by atoms with Crippen LogP contribution in [-0.2, 0) is 19.6 Å². The molecule has 8 nitrogen and oxygen atoms in total. The van der Waals surface area contributed by atoms with Gasteiger partial charge in [-0.2, -0.15) is 0 Å². The lowest BCUT2D eigenvalue weighted by Gasteiger charge is -2.13. The van der Waals surface area contributed by atoms with Gasteiger partial charge < -0.3 is 24.5 Å². The van der Waals surface area contributed by atoms with E-state index in [1.165, 1.54) is 49.6 Å². The number of benzene rings is 2. The lowest BCUT2D eigenvalue weighted by molar-refractivity contribution is -0.298. The smallest absolute Gasteiger partial charge is 0.265 e. The molecule has 0 radical (unpaired) electrons.